The zero-order valence-electron chi connectivity index (χ0n) is 9.36. The number of benzene rings is 1. The van der Waals surface area contributed by atoms with Gasteiger partial charge in [0, 0.05) is 0 Å². The van der Waals surface area contributed by atoms with Gasteiger partial charge in [0.25, 0.3) is 0 Å². The highest BCUT2D eigenvalue weighted by Gasteiger charge is 2.21. The fraction of sp³-hybridized carbons (Fsp3) is 0.214. The van der Waals surface area contributed by atoms with E-state index in [2.05, 4.69) is 28.5 Å². The number of hydrogen-bond acceptors (Lipinski definition) is 2. The van der Waals surface area contributed by atoms with Gasteiger partial charge < -0.3 is 5.32 Å². The van der Waals surface area contributed by atoms with Gasteiger partial charge in [0.2, 0.25) is 5.95 Å². The lowest BCUT2D eigenvalue weighted by molar-refractivity contribution is 0.583. The van der Waals surface area contributed by atoms with E-state index in [9.17, 15) is 4.39 Å². The number of aromatic nitrogens is 1. The predicted octanol–water partition coefficient (Wildman–Crippen LogP) is 3.32. The Labute approximate surface area is 99.5 Å². The van der Waals surface area contributed by atoms with Crippen LogP contribution in [0.5, 0.6) is 0 Å². The molecule has 2 aromatic rings. The molecule has 86 valence electrons. The summed E-state index contributed by atoms with van der Waals surface area (Å²) in [5.74, 6) is 0.160. The van der Waals surface area contributed by atoms with Crippen molar-refractivity contribution in [3.63, 3.8) is 0 Å². The molecule has 2 nitrogen and oxygen atoms in total. The molecule has 1 aliphatic rings. The minimum Gasteiger partial charge on any atom is -0.363 e. The summed E-state index contributed by atoms with van der Waals surface area (Å²) >= 11 is 0. The molecular weight excluding hydrogens is 215 g/mol. The molecule has 0 saturated heterocycles. The van der Waals surface area contributed by atoms with Gasteiger partial charge in [0.1, 0.15) is 5.82 Å². The molecule has 1 atom stereocenters. The smallest absolute Gasteiger partial charge is 0.214 e. The van der Waals surface area contributed by atoms with E-state index in [1.807, 2.05) is 6.07 Å². The Kier molecular flexibility index (Phi) is 2.52. The summed E-state index contributed by atoms with van der Waals surface area (Å²) in [6, 6.07) is 13.4. The third kappa shape index (κ3) is 2.00. The summed E-state index contributed by atoms with van der Waals surface area (Å²) < 4.78 is 13.0. The number of halogens is 1. The third-order valence-electron chi connectivity index (χ3n) is 3.17. The molecule has 0 amide bonds. The van der Waals surface area contributed by atoms with E-state index in [0.717, 1.165) is 12.8 Å². The first-order valence-corrected chi connectivity index (χ1v) is 5.80. The Morgan fingerprint density at radius 2 is 2.00 bits per heavy atom. The number of aryl methyl sites for hydroxylation is 1. The summed E-state index contributed by atoms with van der Waals surface area (Å²) in [5.41, 5.74) is 2.68. The van der Waals surface area contributed by atoms with Gasteiger partial charge in [0.15, 0.2) is 0 Å². The van der Waals surface area contributed by atoms with Crippen molar-refractivity contribution in [1.29, 1.82) is 0 Å². The summed E-state index contributed by atoms with van der Waals surface area (Å²) in [7, 11) is 0. The Morgan fingerprint density at radius 3 is 2.88 bits per heavy atom. The van der Waals surface area contributed by atoms with Gasteiger partial charge in [-0.2, -0.15) is 4.39 Å². The molecule has 3 heteroatoms. The monoisotopic (exact) mass is 228 g/mol. The Hall–Kier alpha value is -1.90. The van der Waals surface area contributed by atoms with Gasteiger partial charge in [-0.25, -0.2) is 4.98 Å². The Bertz CT molecular complexity index is 539. The highest BCUT2D eigenvalue weighted by Crippen LogP contribution is 2.33. The SMILES string of the molecule is Fc1cccc(NC2CCc3ccccc32)n1. The maximum Gasteiger partial charge on any atom is 0.214 e. The first-order chi connectivity index (χ1) is 8.33. The lowest BCUT2D eigenvalue weighted by Gasteiger charge is -2.14. The predicted molar refractivity (Wildman–Crippen MR) is 65.3 cm³/mol. The summed E-state index contributed by atoms with van der Waals surface area (Å²) in [6.07, 6.45) is 2.11. The molecular formula is C14H13FN2. The Morgan fingerprint density at radius 1 is 1.12 bits per heavy atom. The van der Waals surface area contributed by atoms with E-state index >= 15 is 0 Å². The van der Waals surface area contributed by atoms with Crippen LogP contribution in [-0.2, 0) is 6.42 Å². The van der Waals surface area contributed by atoms with Crippen molar-refractivity contribution >= 4 is 5.82 Å². The number of rotatable bonds is 2. The van der Waals surface area contributed by atoms with Gasteiger partial charge >= 0.3 is 0 Å². The van der Waals surface area contributed by atoms with E-state index in [4.69, 9.17) is 0 Å². The molecule has 17 heavy (non-hydrogen) atoms. The minimum atomic E-state index is -0.443. The maximum atomic E-state index is 13.0. The molecule has 1 unspecified atom stereocenters. The number of nitrogens with zero attached hydrogens (tertiary/aromatic N) is 1. The third-order valence-corrected chi connectivity index (χ3v) is 3.17. The summed E-state index contributed by atoms with van der Waals surface area (Å²) in [5, 5.41) is 3.29. The number of pyridine rings is 1. The molecule has 1 heterocycles. The van der Waals surface area contributed by atoms with Crippen molar-refractivity contribution in [2.75, 3.05) is 5.32 Å². The number of anilines is 1. The van der Waals surface area contributed by atoms with Crippen LogP contribution in [0.1, 0.15) is 23.6 Å². The van der Waals surface area contributed by atoms with Crippen LogP contribution in [0.15, 0.2) is 42.5 Å². The molecule has 0 fully saturated rings. The first kappa shape index (κ1) is 10.3. The topological polar surface area (TPSA) is 24.9 Å². The van der Waals surface area contributed by atoms with Crippen molar-refractivity contribution in [2.45, 2.75) is 18.9 Å². The van der Waals surface area contributed by atoms with Gasteiger partial charge in [-0.1, -0.05) is 30.3 Å². The molecule has 0 bridgehead atoms. The second kappa shape index (κ2) is 4.17. The van der Waals surface area contributed by atoms with Crippen LogP contribution in [0.25, 0.3) is 0 Å². The second-order valence-corrected chi connectivity index (χ2v) is 4.28. The van der Waals surface area contributed by atoms with Gasteiger partial charge in [0.05, 0.1) is 6.04 Å². The van der Waals surface area contributed by atoms with Crippen LogP contribution >= 0.6 is 0 Å². The zero-order valence-corrected chi connectivity index (χ0v) is 9.36. The number of nitrogens with one attached hydrogen (secondary N) is 1. The van der Waals surface area contributed by atoms with Crippen molar-refractivity contribution in [1.82, 2.24) is 4.98 Å². The average molecular weight is 228 g/mol. The van der Waals surface area contributed by atoms with Crippen LogP contribution in [-0.4, -0.2) is 4.98 Å². The number of hydrogen-bond donors (Lipinski definition) is 1. The van der Waals surface area contributed by atoms with Crippen molar-refractivity contribution in [2.24, 2.45) is 0 Å². The second-order valence-electron chi connectivity index (χ2n) is 4.28. The maximum absolute atomic E-state index is 13.0. The van der Waals surface area contributed by atoms with E-state index in [0.29, 0.717) is 5.82 Å². The molecule has 0 aliphatic heterocycles. The molecule has 3 rings (SSSR count). The highest BCUT2D eigenvalue weighted by molar-refractivity contribution is 5.43. The molecule has 1 aliphatic carbocycles. The quantitative estimate of drug-likeness (QED) is 0.797. The molecule has 1 aromatic carbocycles. The molecule has 1 aromatic heterocycles. The van der Waals surface area contributed by atoms with Crippen LogP contribution < -0.4 is 5.32 Å². The van der Waals surface area contributed by atoms with Crippen LogP contribution in [0.2, 0.25) is 0 Å². The van der Waals surface area contributed by atoms with Crippen LogP contribution in [0, 0.1) is 5.95 Å². The zero-order chi connectivity index (χ0) is 11.7. The first-order valence-electron chi connectivity index (χ1n) is 5.80. The van der Waals surface area contributed by atoms with Crippen molar-refractivity contribution in [3.05, 3.63) is 59.5 Å². The van der Waals surface area contributed by atoms with E-state index in [1.165, 1.54) is 17.2 Å². The van der Waals surface area contributed by atoms with E-state index in [1.54, 1.807) is 12.1 Å². The molecule has 0 saturated carbocycles. The lowest BCUT2D eigenvalue weighted by atomic mass is 10.1. The van der Waals surface area contributed by atoms with Gasteiger partial charge in [-0.05, 0) is 36.1 Å². The largest absolute Gasteiger partial charge is 0.363 e. The Balaban J connectivity index is 1.84. The van der Waals surface area contributed by atoms with E-state index in [-0.39, 0.29) is 6.04 Å². The molecule has 0 spiro atoms. The average Bonchev–Trinajstić information content (AvgIpc) is 2.73. The molecule has 0 radical (unpaired) electrons. The van der Waals surface area contributed by atoms with Gasteiger partial charge in [-0.15, -0.1) is 0 Å². The van der Waals surface area contributed by atoms with E-state index < -0.39 is 5.95 Å². The lowest BCUT2D eigenvalue weighted by Crippen LogP contribution is -2.08. The van der Waals surface area contributed by atoms with Crippen LogP contribution in [0.3, 0.4) is 0 Å². The fourth-order valence-corrected chi connectivity index (χ4v) is 2.37. The fourth-order valence-electron chi connectivity index (χ4n) is 2.37. The number of fused-ring (bicyclic) bond motifs is 1. The van der Waals surface area contributed by atoms with Crippen molar-refractivity contribution in [3.8, 4) is 0 Å². The van der Waals surface area contributed by atoms with Crippen LogP contribution in [0.4, 0.5) is 10.2 Å². The summed E-state index contributed by atoms with van der Waals surface area (Å²) in [4.78, 5) is 3.83. The van der Waals surface area contributed by atoms with Crippen molar-refractivity contribution < 1.29 is 4.39 Å². The summed E-state index contributed by atoms with van der Waals surface area (Å²) in [6.45, 7) is 0. The minimum absolute atomic E-state index is 0.250. The normalized spacial score (nSPS) is 17.8. The highest BCUT2D eigenvalue weighted by atomic mass is 19.1. The van der Waals surface area contributed by atoms with Gasteiger partial charge in [-0.3, -0.25) is 0 Å². The standard InChI is InChI=1S/C14H13FN2/c15-13-6-3-7-14(17-13)16-12-9-8-10-4-1-2-5-11(10)12/h1-7,12H,8-9H2,(H,16,17). The molecule has 1 N–H and O–H groups in total.